The van der Waals surface area contributed by atoms with Gasteiger partial charge in [-0.2, -0.15) is 10.2 Å². The van der Waals surface area contributed by atoms with Crippen LogP contribution in [0.4, 0.5) is 5.82 Å². The van der Waals surface area contributed by atoms with E-state index in [4.69, 9.17) is 47.6 Å². The number of carbonyl (C=O) groups is 1. The number of anilines is 1. The first-order chi connectivity index (χ1) is 22.3. The molecular weight excluding hydrogens is 676 g/mol. The van der Waals surface area contributed by atoms with Gasteiger partial charge in [-0.25, -0.2) is 15.4 Å². The van der Waals surface area contributed by atoms with E-state index < -0.39 is 49.9 Å². The van der Waals surface area contributed by atoms with Crippen LogP contribution in [0.15, 0.2) is 54.9 Å². The van der Waals surface area contributed by atoms with E-state index in [2.05, 4.69) is 20.3 Å². The predicted octanol–water partition coefficient (Wildman–Crippen LogP) is 3.84. The molecule has 252 valence electrons. The second-order valence-corrected chi connectivity index (χ2v) is 14.3. The quantitative estimate of drug-likeness (QED) is 0.0616. The van der Waals surface area contributed by atoms with Gasteiger partial charge in [0, 0.05) is 22.7 Å². The minimum absolute atomic E-state index is 0.0930. The maximum Gasteiger partial charge on any atom is 0.459 e. The van der Waals surface area contributed by atoms with Crippen molar-refractivity contribution in [2.75, 3.05) is 18.7 Å². The number of carbonyl (C=O) groups excluding carboxylic acids is 1. The van der Waals surface area contributed by atoms with Crippen LogP contribution in [-0.4, -0.2) is 72.9 Å². The molecule has 2 fully saturated rings. The molecule has 6 N–H and O–H groups in total. The highest BCUT2D eigenvalue weighted by atomic mass is 35.5. The predicted molar refractivity (Wildman–Crippen MR) is 172 cm³/mol. The lowest BCUT2D eigenvalue weighted by Gasteiger charge is -2.41. The zero-order valence-corrected chi connectivity index (χ0v) is 27.8. The van der Waals surface area contributed by atoms with Crippen molar-refractivity contribution >= 4 is 53.9 Å². The van der Waals surface area contributed by atoms with Crippen molar-refractivity contribution in [3.8, 4) is 5.75 Å². The summed E-state index contributed by atoms with van der Waals surface area (Å²) < 4.78 is 39.2. The number of aromatic amines is 1. The monoisotopic (exact) mass is 709 g/mol. The topological polar surface area (TPSA) is 199 Å². The van der Waals surface area contributed by atoms with Crippen molar-refractivity contribution in [2.24, 2.45) is 5.84 Å². The summed E-state index contributed by atoms with van der Waals surface area (Å²) >= 11 is 12.3. The van der Waals surface area contributed by atoms with Crippen molar-refractivity contribution in [1.82, 2.24) is 24.8 Å². The molecule has 0 radical (unpaired) electrons. The van der Waals surface area contributed by atoms with Gasteiger partial charge in [-0.15, -0.1) is 0 Å². The molecule has 3 heterocycles. The van der Waals surface area contributed by atoms with Crippen LogP contribution in [0, 0.1) is 0 Å². The normalized spacial score (nSPS) is 24.9. The van der Waals surface area contributed by atoms with Crippen LogP contribution in [-0.2, 0) is 30.0 Å². The van der Waals surface area contributed by atoms with Gasteiger partial charge in [0.2, 0.25) is 0 Å². The number of aliphatic hydroxyl groups is 2. The van der Waals surface area contributed by atoms with E-state index in [0.29, 0.717) is 51.9 Å². The van der Waals surface area contributed by atoms with Gasteiger partial charge in [0.05, 0.1) is 12.9 Å². The second-order valence-electron chi connectivity index (χ2n) is 11.8. The smallest absolute Gasteiger partial charge is 0.459 e. The van der Waals surface area contributed by atoms with Crippen LogP contribution in [0.3, 0.4) is 0 Å². The van der Waals surface area contributed by atoms with Crippen molar-refractivity contribution < 1.29 is 38.1 Å². The molecule has 2 aromatic carbocycles. The number of H-pyrrole nitrogens is 1. The van der Waals surface area contributed by atoms with Crippen LogP contribution in [0.2, 0.25) is 10.0 Å². The highest BCUT2D eigenvalue weighted by Gasteiger charge is 2.56. The summed E-state index contributed by atoms with van der Waals surface area (Å²) in [4.78, 5) is 17.7. The number of aliphatic hydroxyl groups excluding tert-OH is 1. The number of esters is 1. The van der Waals surface area contributed by atoms with Crippen molar-refractivity contribution in [1.29, 1.82) is 0 Å². The van der Waals surface area contributed by atoms with Crippen molar-refractivity contribution in [3.05, 3.63) is 70.5 Å². The lowest BCUT2D eigenvalue weighted by atomic mass is 9.78. The highest BCUT2D eigenvalue weighted by Crippen LogP contribution is 2.51. The summed E-state index contributed by atoms with van der Waals surface area (Å²) in [7, 11) is -2.79. The number of nitrogens with zero attached hydrogens (tertiary/aromatic N) is 4. The molecule has 18 heteroatoms. The summed E-state index contributed by atoms with van der Waals surface area (Å²) in [5.41, 5.74) is -1.90. The maximum atomic E-state index is 14.4. The zero-order chi connectivity index (χ0) is 33.6. The fraction of sp³-hybridized carbons (Fsp3) is 0.414. The Kier molecular flexibility index (Phi) is 9.30. The molecule has 1 saturated carbocycles. The zero-order valence-electron chi connectivity index (χ0n) is 25.4. The molecule has 1 aliphatic heterocycles. The van der Waals surface area contributed by atoms with Gasteiger partial charge in [0.1, 0.15) is 35.7 Å². The Morgan fingerprint density at radius 3 is 2.64 bits per heavy atom. The second kappa shape index (κ2) is 13.0. The fourth-order valence-electron chi connectivity index (χ4n) is 5.52. The fourth-order valence-corrected chi connectivity index (χ4v) is 7.59. The van der Waals surface area contributed by atoms with Gasteiger partial charge in [-0.1, -0.05) is 41.4 Å². The minimum Gasteiger partial charge on any atom is -0.459 e. The number of hydrogen-bond donors (Lipinski definition) is 5. The molecule has 0 bridgehead atoms. The van der Waals surface area contributed by atoms with Crippen LogP contribution in [0.25, 0.3) is 11.2 Å². The van der Waals surface area contributed by atoms with E-state index in [9.17, 15) is 19.6 Å². The Hall–Kier alpha value is -3.24. The third-order valence-corrected chi connectivity index (χ3v) is 10.6. The van der Waals surface area contributed by atoms with E-state index >= 15 is 0 Å². The molecule has 2 aromatic heterocycles. The highest BCUT2D eigenvalue weighted by molar-refractivity contribution is 7.52. The van der Waals surface area contributed by atoms with Crippen molar-refractivity contribution in [3.63, 3.8) is 0 Å². The molecule has 4 aromatic rings. The molecule has 1 aliphatic carbocycles. The first-order valence-electron chi connectivity index (χ1n) is 14.7. The molecule has 0 amide bonds. The molecule has 1 saturated heterocycles. The summed E-state index contributed by atoms with van der Waals surface area (Å²) in [5, 5.41) is 34.5. The largest absolute Gasteiger partial charge is 0.459 e. The summed E-state index contributed by atoms with van der Waals surface area (Å²) in [6, 6.07) is 13.0. The van der Waals surface area contributed by atoms with Crippen LogP contribution < -0.4 is 20.5 Å². The standard InChI is InChI=1S/C29H34Cl2N7O8P/c1-28(41)23(39)21(45-26(28)38-16-33-22-24(37(2)32)34-35-25(22)38)15-44-47(42,46-19-10-8-18(30)9-11-19)36-29(12-5-13-29)27(40)43-14-17-6-3-4-7-20(17)31/h3-4,6-11,16,21,23,26,39,41H,5,12-15,32H2,1-2H3,(H,34,35)(H,36,42)/t21?,23-,26?,28-,47?/m1/s1. The summed E-state index contributed by atoms with van der Waals surface area (Å²) in [6.07, 6.45) is -1.23. The molecule has 6 rings (SSSR count). The molecule has 0 spiro atoms. The molecule has 5 atom stereocenters. The number of hydrazine groups is 1. The van der Waals surface area contributed by atoms with Gasteiger partial charge < -0.3 is 24.2 Å². The van der Waals surface area contributed by atoms with Gasteiger partial charge in [-0.3, -0.25) is 24.0 Å². The van der Waals surface area contributed by atoms with Crippen LogP contribution >= 0.6 is 30.9 Å². The number of nitrogens with two attached hydrogens (primary N) is 1. The summed E-state index contributed by atoms with van der Waals surface area (Å²) in [5.74, 6) is 5.76. The van der Waals surface area contributed by atoms with Gasteiger partial charge in [0.25, 0.3) is 0 Å². The van der Waals surface area contributed by atoms with E-state index in [-0.39, 0.29) is 12.4 Å². The first-order valence-corrected chi connectivity index (χ1v) is 17.0. The Bertz CT molecular complexity index is 1800. The lowest BCUT2D eigenvalue weighted by molar-refractivity contribution is -0.156. The molecular formula is C29H34Cl2N7O8P. The van der Waals surface area contributed by atoms with Crippen LogP contribution in [0.5, 0.6) is 5.75 Å². The van der Waals surface area contributed by atoms with Crippen molar-refractivity contribution in [2.45, 2.75) is 62.4 Å². The lowest BCUT2D eigenvalue weighted by Crippen LogP contribution is -2.57. The maximum absolute atomic E-state index is 14.4. The number of hydrogen-bond acceptors (Lipinski definition) is 12. The van der Waals surface area contributed by atoms with Gasteiger partial charge >= 0.3 is 13.7 Å². The average molecular weight is 711 g/mol. The average Bonchev–Trinajstić information content (AvgIpc) is 3.68. The van der Waals surface area contributed by atoms with E-state index in [0.717, 1.165) is 0 Å². The van der Waals surface area contributed by atoms with Crippen LogP contribution in [0.1, 0.15) is 38.0 Å². The van der Waals surface area contributed by atoms with E-state index in [1.165, 1.54) is 35.0 Å². The number of nitrogens with one attached hydrogen (secondary N) is 2. The Balaban J connectivity index is 1.22. The number of rotatable bonds is 12. The first kappa shape index (κ1) is 33.7. The number of ether oxygens (including phenoxy) is 2. The minimum atomic E-state index is -4.40. The Morgan fingerprint density at radius 1 is 1.26 bits per heavy atom. The Labute approximate surface area is 279 Å². The number of benzene rings is 2. The van der Waals surface area contributed by atoms with E-state index in [1.54, 1.807) is 43.4 Å². The SMILES string of the molecule is CN(N)c1[nH]nc2c1ncn2C1OC(COP(=O)(NC2(C(=O)OCc3ccccc3Cl)CCC2)Oc2ccc(Cl)cc2)[C@@H](O)[C@@]1(C)O. The number of aromatic nitrogens is 4. The number of halogens is 2. The third kappa shape index (κ3) is 6.60. The summed E-state index contributed by atoms with van der Waals surface area (Å²) in [6.45, 7) is 0.785. The molecule has 3 unspecified atom stereocenters. The number of fused-ring (bicyclic) bond motifs is 1. The van der Waals surface area contributed by atoms with E-state index in [1.807, 2.05) is 0 Å². The van der Waals surface area contributed by atoms with Gasteiger partial charge in [0.15, 0.2) is 23.2 Å². The molecule has 47 heavy (non-hydrogen) atoms. The molecule has 2 aliphatic rings. The molecule has 15 nitrogen and oxygen atoms in total. The third-order valence-electron chi connectivity index (χ3n) is 8.33. The van der Waals surface area contributed by atoms with Gasteiger partial charge in [-0.05, 0) is 56.5 Å². The number of imidazole rings is 1. The Morgan fingerprint density at radius 2 is 1.98 bits per heavy atom.